The molecule has 3 heteroatoms. The summed E-state index contributed by atoms with van der Waals surface area (Å²) in [4.78, 5) is 0. The van der Waals surface area contributed by atoms with E-state index in [2.05, 4.69) is 33.9 Å². The van der Waals surface area contributed by atoms with Crippen molar-refractivity contribution in [3.8, 4) is 0 Å². The van der Waals surface area contributed by atoms with Gasteiger partial charge in [0.1, 0.15) is 0 Å². The van der Waals surface area contributed by atoms with Gasteiger partial charge in [0, 0.05) is 6.61 Å². The van der Waals surface area contributed by atoms with Crippen LogP contribution < -0.4 is 0 Å². The van der Waals surface area contributed by atoms with E-state index in [1.807, 2.05) is 0 Å². The normalized spacial score (nSPS) is 34.8. The molecular formula is C14H28O2Si. The third-order valence-electron chi connectivity index (χ3n) is 4.93. The molecule has 3 atom stereocenters. The first-order valence-corrected chi connectivity index (χ1v) is 10.0. The molecule has 0 aromatic heterocycles. The van der Waals surface area contributed by atoms with Gasteiger partial charge < -0.3 is 9.16 Å². The first kappa shape index (κ1) is 13.6. The summed E-state index contributed by atoms with van der Waals surface area (Å²) in [5, 5.41) is 0.305. The average molecular weight is 256 g/mol. The molecule has 0 spiro atoms. The van der Waals surface area contributed by atoms with Crippen molar-refractivity contribution < 1.29 is 9.16 Å². The van der Waals surface area contributed by atoms with Crippen LogP contribution in [0.15, 0.2) is 0 Å². The lowest BCUT2D eigenvalue weighted by Gasteiger charge is -2.40. The maximum Gasteiger partial charge on any atom is 0.192 e. The van der Waals surface area contributed by atoms with Crippen molar-refractivity contribution in [2.45, 2.75) is 76.8 Å². The molecule has 1 saturated carbocycles. The minimum Gasteiger partial charge on any atom is -0.411 e. The first-order valence-electron chi connectivity index (χ1n) is 7.11. The first-order chi connectivity index (χ1) is 7.81. The highest BCUT2D eigenvalue weighted by Gasteiger charge is 2.45. The van der Waals surface area contributed by atoms with Crippen LogP contribution in [0.2, 0.25) is 18.1 Å². The van der Waals surface area contributed by atoms with Crippen LogP contribution in [-0.2, 0) is 9.16 Å². The summed E-state index contributed by atoms with van der Waals surface area (Å²) in [6, 6.07) is 0. The molecule has 17 heavy (non-hydrogen) atoms. The zero-order valence-electron chi connectivity index (χ0n) is 12.1. The van der Waals surface area contributed by atoms with E-state index in [-0.39, 0.29) is 0 Å². The molecule has 1 aliphatic heterocycles. The minimum atomic E-state index is -1.63. The Kier molecular flexibility index (Phi) is 3.73. The molecule has 1 heterocycles. The molecule has 2 rings (SSSR count). The second kappa shape index (κ2) is 4.67. The van der Waals surface area contributed by atoms with Crippen LogP contribution in [0.4, 0.5) is 0 Å². The standard InChI is InChI=1S/C14H28O2Si/c1-14(2,3)17(4,5)16-12-9-8-11-7-6-10-15-13(11)12/h11-13H,6-10H2,1-5H3. The molecule has 100 valence electrons. The minimum absolute atomic E-state index is 0.305. The number of rotatable bonds is 2. The molecule has 0 N–H and O–H groups in total. The van der Waals surface area contributed by atoms with Crippen LogP contribution in [0.3, 0.4) is 0 Å². The van der Waals surface area contributed by atoms with Crippen LogP contribution >= 0.6 is 0 Å². The monoisotopic (exact) mass is 256 g/mol. The molecule has 2 aliphatic rings. The molecule has 2 nitrogen and oxygen atoms in total. The zero-order chi connectivity index (χ0) is 12.7. The second-order valence-electron chi connectivity index (χ2n) is 7.23. The molecular weight excluding hydrogens is 228 g/mol. The number of fused-ring (bicyclic) bond motifs is 1. The van der Waals surface area contributed by atoms with Gasteiger partial charge in [-0.05, 0) is 49.7 Å². The highest BCUT2D eigenvalue weighted by molar-refractivity contribution is 6.74. The predicted octanol–water partition coefficient (Wildman–Crippen LogP) is 3.97. The summed E-state index contributed by atoms with van der Waals surface area (Å²) in [6.45, 7) is 12.6. The molecule has 0 bridgehead atoms. The Balaban J connectivity index is 2.00. The van der Waals surface area contributed by atoms with Crippen LogP contribution in [0.5, 0.6) is 0 Å². The van der Waals surface area contributed by atoms with E-state index >= 15 is 0 Å². The number of ether oxygens (including phenoxy) is 1. The van der Waals surface area contributed by atoms with Crippen LogP contribution in [0.25, 0.3) is 0 Å². The summed E-state index contributed by atoms with van der Waals surface area (Å²) in [5.41, 5.74) is 0. The smallest absolute Gasteiger partial charge is 0.192 e. The number of hydrogen-bond acceptors (Lipinski definition) is 2. The third-order valence-corrected chi connectivity index (χ3v) is 9.44. The molecule has 1 saturated heterocycles. The van der Waals surface area contributed by atoms with E-state index in [0.29, 0.717) is 17.2 Å². The van der Waals surface area contributed by atoms with E-state index in [9.17, 15) is 0 Å². The van der Waals surface area contributed by atoms with Gasteiger partial charge in [-0.3, -0.25) is 0 Å². The Morgan fingerprint density at radius 3 is 2.47 bits per heavy atom. The molecule has 2 fully saturated rings. The maximum absolute atomic E-state index is 6.55. The zero-order valence-corrected chi connectivity index (χ0v) is 13.1. The summed E-state index contributed by atoms with van der Waals surface area (Å²) in [7, 11) is -1.63. The van der Waals surface area contributed by atoms with Gasteiger partial charge in [-0.15, -0.1) is 0 Å². The molecule has 0 radical (unpaired) electrons. The second-order valence-corrected chi connectivity index (χ2v) is 12.0. The average Bonchev–Trinajstić information content (AvgIpc) is 2.60. The van der Waals surface area contributed by atoms with Gasteiger partial charge in [0.2, 0.25) is 0 Å². The van der Waals surface area contributed by atoms with Crippen LogP contribution in [-0.4, -0.2) is 27.1 Å². The largest absolute Gasteiger partial charge is 0.411 e. The Bertz CT molecular complexity index is 270. The fraction of sp³-hybridized carbons (Fsp3) is 1.00. The van der Waals surface area contributed by atoms with Gasteiger partial charge in [0.05, 0.1) is 12.2 Å². The van der Waals surface area contributed by atoms with Gasteiger partial charge in [-0.1, -0.05) is 20.8 Å². The van der Waals surface area contributed by atoms with Gasteiger partial charge in [0.15, 0.2) is 8.32 Å². The van der Waals surface area contributed by atoms with E-state index in [4.69, 9.17) is 9.16 Å². The summed E-state index contributed by atoms with van der Waals surface area (Å²) in [5.74, 6) is 0.776. The van der Waals surface area contributed by atoms with E-state index in [1.165, 1.54) is 25.7 Å². The molecule has 3 unspecified atom stereocenters. The predicted molar refractivity (Wildman–Crippen MR) is 73.8 cm³/mol. The van der Waals surface area contributed by atoms with Gasteiger partial charge in [-0.25, -0.2) is 0 Å². The van der Waals surface area contributed by atoms with E-state index < -0.39 is 8.32 Å². The molecule has 0 amide bonds. The topological polar surface area (TPSA) is 18.5 Å². The highest BCUT2D eigenvalue weighted by atomic mass is 28.4. The van der Waals surface area contributed by atoms with Crippen molar-refractivity contribution in [3.05, 3.63) is 0 Å². The fourth-order valence-corrected chi connectivity index (χ4v) is 4.17. The Hall–Kier alpha value is 0.137. The lowest BCUT2D eigenvalue weighted by Crippen LogP contribution is -2.47. The molecule has 1 aliphatic carbocycles. The molecule has 0 aromatic rings. The summed E-state index contributed by atoms with van der Waals surface area (Å²) in [6.07, 6.45) is 5.89. The van der Waals surface area contributed by atoms with Crippen molar-refractivity contribution in [3.63, 3.8) is 0 Å². The van der Waals surface area contributed by atoms with Gasteiger partial charge >= 0.3 is 0 Å². The Labute approximate surface area is 107 Å². The van der Waals surface area contributed by atoms with E-state index in [1.54, 1.807) is 0 Å². The quantitative estimate of drug-likeness (QED) is 0.696. The van der Waals surface area contributed by atoms with E-state index in [0.717, 1.165) is 12.5 Å². The lowest BCUT2D eigenvalue weighted by molar-refractivity contribution is -0.0605. The highest BCUT2D eigenvalue weighted by Crippen LogP contribution is 2.43. The van der Waals surface area contributed by atoms with Crippen molar-refractivity contribution in [1.29, 1.82) is 0 Å². The van der Waals surface area contributed by atoms with Gasteiger partial charge in [0.25, 0.3) is 0 Å². The van der Waals surface area contributed by atoms with Crippen molar-refractivity contribution >= 4 is 8.32 Å². The van der Waals surface area contributed by atoms with Crippen molar-refractivity contribution in [2.75, 3.05) is 6.61 Å². The molecule has 0 aromatic carbocycles. The number of hydrogen-bond donors (Lipinski definition) is 0. The van der Waals surface area contributed by atoms with Crippen LogP contribution in [0.1, 0.15) is 46.5 Å². The lowest BCUT2D eigenvalue weighted by atomic mass is 9.97. The Morgan fingerprint density at radius 2 is 1.82 bits per heavy atom. The third kappa shape index (κ3) is 2.77. The maximum atomic E-state index is 6.55. The summed E-state index contributed by atoms with van der Waals surface area (Å²) >= 11 is 0. The van der Waals surface area contributed by atoms with Gasteiger partial charge in [-0.2, -0.15) is 0 Å². The van der Waals surface area contributed by atoms with Crippen molar-refractivity contribution in [1.82, 2.24) is 0 Å². The SMILES string of the molecule is CC(C)(C)[Si](C)(C)OC1CCC2CCCOC21. The van der Waals surface area contributed by atoms with Crippen LogP contribution in [0, 0.1) is 5.92 Å². The Morgan fingerprint density at radius 1 is 1.12 bits per heavy atom. The summed E-state index contributed by atoms with van der Waals surface area (Å²) < 4.78 is 12.5. The van der Waals surface area contributed by atoms with Crippen molar-refractivity contribution in [2.24, 2.45) is 5.92 Å². The fourth-order valence-electron chi connectivity index (χ4n) is 2.81.